The Balaban J connectivity index is 1.67. The summed E-state index contributed by atoms with van der Waals surface area (Å²) in [4.78, 5) is 22.7. The molecule has 0 radical (unpaired) electrons. The molecule has 0 N–H and O–H groups in total. The van der Waals surface area contributed by atoms with Crippen molar-refractivity contribution in [2.45, 2.75) is 83.4 Å². The van der Waals surface area contributed by atoms with E-state index < -0.39 is 5.54 Å². The van der Waals surface area contributed by atoms with E-state index >= 15 is 0 Å². The van der Waals surface area contributed by atoms with Gasteiger partial charge in [-0.15, -0.1) is 0 Å². The summed E-state index contributed by atoms with van der Waals surface area (Å²) in [6.07, 6.45) is 7.38. The zero-order valence-corrected chi connectivity index (χ0v) is 21.1. The van der Waals surface area contributed by atoms with E-state index in [9.17, 15) is 4.79 Å². The van der Waals surface area contributed by atoms with Crippen LogP contribution in [0.25, 0.3) is 0 Å². The maximum atomic E-state index is 14.4. The third kappa shape index (κ3) is 3.67. The minimum Gasteiger partial charge on any atom is -0.381 e. The number of fused-ring (bicyclic) bond motifs is 3. The number of carbonyl (C=O) groups excluding carboxylic acids is 1. The molecule has 2 spiro atoms. The number of methoxy groups -OCH3 is 1. The highest BCUT2D eigenvalue weighted by Crippen LogP contribution is 2.62. The van der Waals surface area contributed by atoms with Gasteiger partial charge < -0.3 is 4.74 Å². The number of thioether (sulfide) groups is 1. The Morgan fingerprint density at radius 2 is 2.00 bits per heavy atom. The van der Waals surface area contributed by atoms with E-state index in [1.807, 2.05) is 11.8 Å². The summed E-state index contributed by atoms with van der Waals surface area (Å²) in [5.74, 6) is 7.44. The topological polar surface area (TPSA) is 41.9 Å². The fourth-order valence-electron chi connectivity index (χ4n) is 5.96. The number of hydrogen-bond acceptors (Lipinski definition) is 4. The molecule has 0 bridgehead atoms. The molecule has 5 rings (SSSR count). The molecule has 2 fully saturated rings. The molecule has 1 aromatic rings. The largest absolute Gasteiger partial charge is 0.381 e. The van der Waals surface area contributed by atoms with Crippen molar-refractivity contribution in [3.63, 3.8) is 0 Å². The molecule has 5 heteroatoms. The quantitative estimate of drug-likeness (QED) is 0.545. The first-order valence-electron chi connectivity index (χ1n) is 12.2. The van der Waals surface area contributed by atoms with Gasteiger partial charge in [0.1, 0.15) is 0 Å². The lowest BCUT2D eigenvalue weighted by molar-refractivity contribution is -0.139. The van der Waals surface area contributed by atoms with E-state index in [2.05, 4.69) is 50.5 Å². The van der Waals surface area contributed by atoms with E-state index in [1.165, 1.54) is 30.2 Å². The zero-order chi connectivity index (χ0) is 23.4. The van der Waals surface area contributed by atoms with Crippen LogP contribution in [0.5, 0.6) is 0 Å². The van der Waals surface area contributed by atoms with Crippen molar-refractivity contribution < 1.29 is 9.53 Å². The third-order valence-electron chi connectivity index (χ3n) is 7.80. The lowest BCUT2D eigenvalue weighted by atomic mass is 9.61. The number of benzene rings is 1. The van der Waals surface area contributed by atoms with Crippen LogP contribution < -0.4 is 0 Å². The van der Waals surface area contributed by atoms with E-state index in [4.69, 9.17) is 9.73 Å². The monoisotopic (exact) mass is 462 g/mol. The van der Waals surface area contributed by atoms with E-state index in [-0.39, 0.29) is 23.5 Å². The minimum absolute atomic E-state index is 0.0386. The fourth-order valence-corrected chi connectivity index (χ4v) is 6.85. The maximum Gasteiger partial charge on any atom is 0.262 e. The van der Waals surface area contributed by atoms with Gasteiger partial charge in [-0.3, -0.25) is 9.69 Å². The molecule has 1 atom stereocenters. The van der Waals surface area contributed by atoms with Crippen molar-refractivity contribution in [3.8, 4) is 11.8 Å². The first-order chi connectivity index (χ1) is 15.8. The highest BCUT2D eigenvalue weighted by Gasteiger charge is 2.67. The Bertz CT molecular complexity index is 1080. The molecule has 4 aliphatic rings. The molecule has 1 amide bonds. The molecule has 4 nitrogen and oxygen atoms in total. The first kappa shape index (κ1) is 22.7. The van der Waals surface area contributed by atoms with Crippen LogP contribution in [0, 0.1) is 23.2 Å². The van der Waals surface area contributed by atoms with Crippen LogP contribution in [-0.2, 0) is 21.5 Å². The van der Waals surface area contributed by atoms with Crippen LogP contribution in [0.2, 0.25) is 0 Å². The number of nitrogens with zero attached hydrogens (tertiary/aromatic N) is 2. The van der Waals surface area contributed by atoms with Crippen molar-refractivity contribution >= 4 is 22.8 Å². The molecular weight excluding hydrogens is 428 g/mol. The van der Waals surface area contributed by atoms with Gasteiger partial charge in [-0.05, 0) is 93.9 Å². The predicted octanol–water partition coefficient (Wildman–Crippen LogP) is 5.65. The molecule has 33 heavy (non-hydrogen) atoms. The van der Waals surface area contributed by atoms with Gasteiger partial charge in [0.15, 0.2) is 10.7 Å². The Morgan fingerprint density at radius 3 is 2.61 bits per heavy atom. The number of allylic oxidation sites excluding steroid dienone is 1. The first-order valence-corrected chi connectivity index (χ1v) is 13.1. The zero-order valence-electron chi connectivity index (χ0n) is 20.2. The van der Waals surface area contributed by atoms with Crippen LogP contribution in [-0.4, -0.2) is 35.2 Å². The summed E-state index contributed by atoms with van der Waals surface area (Å²) in [6.45, 7) is 10.2. The molecule has 1 heterocycles. The average molecular weight is 463 g/mol. The Morgan fingerprint density at radius 1 is 1.27 bits per heavy atom. The molecule has 3 aliphatic carbocycles. The van der Waals surface area contributed by atoms with Gasteiger partial charge in [0.25, 0.3) is 5.91 Å². The Kier molecular flexibility index (Phi) is 5.74. The smallest absolute Gasteiger partial charge is 0.262 e. The summed E-state index contributed by atoms with van der Waals surface area (Å²) < 4.78 is 5.70. The van der Waals surface area contributed by atoms with Crippen LogP contribution in [0.4, 0.5) is 0 Å². The number of carbonyl (C=O) groups is 1. The van der Waals surface area contributed by atoms with Gasteiger partial charge in [0.05, 0.1) is 6.10 Å². The second kappa shape index (κ2) is 8.32. The van der Waals surface area contributed by atoms with Crippen LogP contribution in [0.1, 0.15) is 76.0 Å². The van der Waals surface area contributed by atoms with Crippen LogP contribution >= 0.6 is 11.8 Å². The van der Waals surface area contributed by atoms with Crippen molar-refractivity contribution in [2.24, 2.45) is 16.3 Å². The second-order valence-electron chi connectivity index (χ2n) is 10.5. The Hall–Kier alpha value is -2.03. The number of hydrogen-bond donors (Lipinski definition) is 0. The molecule has 0 aromatic heterocycles. The molecule has 1 aliphatic heterocycles. The summed E-state index contributed by atoms with van der Waals surface area (Å²) in [6, 6.07) is 6.55. The van der Waals surface area contributed by atoms with Crippen molar-refractivity contribution in [3.05, 3.63) is 46.4 Å². The van der Waals surface area contributed by atoms with Gasteiger partial charge in [0.2, 0.25) is 0 Å². The molecule has 0 saturated heterocycles. The lowest BCUT2D eigenvalue weighted by Gasteiger charge is -2.45. The highest BCUT2D eigenvalue weighted by molar-refractivity contribution is 8.17. The Labute approximate surface area is 202 Å². The second-order valence-corrected chi connectivity index (χ2v) is 11.8. The molecule has 2 saturated carbocycles. The summed E-state index contributed by atoms with van der Waals surface area (Å²) >= 11 is 1.52. The van der Waals surface area contributed by atoms with Gasteiger partial charge in [-0.1, -0.05) is 36.2 Å². The SMILES string of the molecule is C=C(C)SC1=NC2(C(=O)N1C(C)C)c1cc(C#CC3CC3)ccc1CC21CCC(OC)CC1. The summed E-state index contributed by atoms with van der Waals surface area (Å²) in [5, 5.41) is 0.790. The standard InChI is InChI=1S/C28H34N2O2S/c1-18(2)30-25(31)28(29-26(30)33-19(3)4)24-16-21(9-8-20-6-7-20)10-11-22(24)17-27(28)14-12-23(32-5)13-15-27/h10-11,16,18,20,23H,3,6-7,12-15,17H2,1-2,4-5H3. The van der Waals surface area contributed by atoms with Gasteiger partial charge in [-0.2, -0.15) is 0 Å². The number of aliphatic imine (C=N–C) groups is 1. The number of amidine groups is 1. The summed E-state index contributed by atoms with van der Waals surface area (Å²) in [7, 11) is 1.80. The summed E-state index contributed by atoms with van der Waals surface area (Å²) in [5.41, 5.74) is 2.25. The van der Waals surface area contributed by atoms with Crippen LogP contribution in [0.3, 0.4) is 0 Å². The highest BCUT2D eigenvalue weighted by atomic mass is 32.2. The normalized spacial score (nSPS) is 30.6. The van der Waals surface area contributed by atoms with E-state index in [0.717, 1.165) is 53.3 Å². The van der Waals surface area contributed by atoms with E-state index in [1.54, 1.807) is 7.11 Å². The maximum absolute atomic E-state index is 14.4. The molecule has 1 unspecified atom stereocenters. The average Bonchev–Trinajstić information content (AvgIpc) is 3.51. The van der Waals surface area contributed by atoms with Gasteiger partial charge >= 0.3 is 0 Å². The van der Waals surface area contributed by atoms with Gasteiger partial charge in [-0.25, -0.2) is 4.99 Å². The van der Waals surface area contributed by atoms with E-state index in [0.29, 0.717) is 5.92 Å². The third-order valence-corrected chi connectivity index (χ3v) is 8.62. The fraction of sp³-hybridized carbons (Fsp3) is 0.571. The predicted molar refractivity (Wildman–Crippen MR) is 135 cm³/mol. The molecular formula is C28H34N2O2S. The van der Waals surface area contributed by atoms with Crippen molar-refractivity contribution in [1.82, 2.24) is 4.90 Å². The van der Waals surface area contributed by atoms with Crippen LogP contribution in [0.15, 0.2) is 34.7 Å². The molecule has 1 aromatic carbocycles. The van der Waals surface area contributed by atoms with Crippen molar-refractivity contribution in [2.75, 3.05) is 7.11 Å². The van der Waals surface area contributed by atoms with Gasteiger partial charge in [0, 0.05) is 30.0 Å². The van der Waals surface area contributed by atoms with Crippen molar-refractivity contribution in [1.29, 1.82) is 0 Å². The lowest BCUT2D eigenvalue weighted by Crippen LogP contribution is -2.52. The minimum atomic E-state index is -0.875. The number of ether oxygens (including phenoxy) is 1. The number of rotatable bonds is 3. The molecule has 174 valence electrons. The number of amides is 1.